The number of ether oxygens (including phenoxy) is 1. The van der Waals surface area contributed by atoms with E-state index in [4.69, 9.17) is 4.74 Å². The summed E-state index contributed by atoms with van der Waals surface area (Å²) in [4.78, 5) is 11.7. The van der Waals surface area contributed by atoms with Gasteiger partial charge in [0.15, 0.2) is 0 Å². The van der Waals surface area contributed by atoms with Crippen LogP contribution < -0.4 is 10.6 Å². The molecule has 4 nitrogen and oxygen atoms in total. The summed E-state index contributed by atoms with van der Waals surface area (Å²) in [7, 11) is 0. The van der Waals surface area contributed by atoms with Crippen LogP contribution in [-0.2, 0) is 9.53 Å². The molecule has 2 N–H and O–H groups in total. The minimum atomic E-state index is -0.346. The van der Waals surface area contributed by atoms with Gasteiger partial charge in [0, 0.05) is 12.6 Å². The van der Waals surface area contributed by atoms with Crippen molar-refractivity contribution in [2.24, 2.45) is 5.92 Å². The number of rotatable bonds is 7. The second-order valence-electron chi connectivity index (χ2n) is 5.60. The summed E-state index contributed by atoms with van der Waals surface area (Å²) < 4.78 is 5.63. The molecule has 106 valence electrons. The van der Waals surface area contributed by atoms with Gasteiger partial charge in [-0.3, -0.25) is 4.79 Å². The monoisotopic (exact) mass is 256 g/mol. The normalized spacial score (nSPS) is 21.9. The molecule has 1 fully saturated rings. The Morgan fingerprint density at radius 2 is 2.17 bits per heavy atom. The summed E-state index contributed by atoms with van der Waals surface area (Å²) in [6.07, 6.45) is 4.34. The fourth-order valence-corrected chi connectivity index (χ4v) is 2.03. The number of carbonyl (C=O) groups excluding carboxylic acids is 1. The lowest BCUT2D eigenvalue weighted by Crippen LogP contribution is -2.41. The van der Waals surface area contributed by atoms with Crippen LogP contribution in [0.25, 0.3) is 0 Å². The number of hydrogen-bond donors (Lipinski definition) is 2. The van der Waals surface area contributed by atoms with Gasteiger partial charge in [-0.05, 0) is 38.6 Å². The fraction of sp³-hybridized carbons (Fsp3) is 0.929. The maximum absolute atomic E-state index is 11.7. The van der Waals surface area contributed by atoms with E-state index in [9.17, 15) is 4.79 Å². The van der Waals surface area contributed by atoms with Crippen molar-refractivity contribution in [3.05, 3.63) is 0 Å². The molecular formula is C14H28N2O2. The van der Waals surface area contributed by atoms with Crippen LogP contribution in [0.3, 0.4) is 0 Å². The molecule has 2 unspecified atom stereocenters. The zero-order valence-electron chi connectivity index (χ0n) is 12.0. The molecule has 0 spiro atoms. The van der Waals surface area contributed by atoms with Crippen LogP contribution in [0.15, 0.2) is 0 Å². The highest BCUT2D eigenvalue weighted by Gasteiger charge is 2.17. The molecule has 1 heterocycles. The molecule has 0 saturated carbocycles. The van der Waals surface area contributed by atoms with Gasteiger partial charge in [-0.2, -0.15) is 0 Å². The summed E-state index contributed by atoms with van der Waals surface area (Å²) >= 11 is 0. The zero-order valence-corrected chi connectivity index (χ0v) is 12.0. The molecular weight excluding hydrogens is 228 g/mol. The number of amides is 1. The van der Waals surface area contributed by atoms with Crippen molar-refractivity contribution >= 4 is 5.91 Å². The van der Waals surface area contributed by atoms with Crippen molar-refractivity contribution in [3.8, 4) is 0 Å². The van der Waals surface area contributed by atoms with Gasteiger partial charge >= 0.3 is 0 Å². The highest BCUT2D eigenvalue weighted by Crippen LogP contribution is 2.08. The van der Waals surface area contributed by atoms with Crippen molar-refractivity contribution in [1.29, 1.82) is 0 Å². The molecule has 2 atom stereocenters. The summed E-state index contributed by atoms with van der Waals surface area (Å²) in [5, 5.41) is 6.33. The predicted octanol–water partition coefficient (Wildman–Crippen LogP) is 1.70. The summed E-state index contributed by atoms with van der Waals surface area (Å²) in [5.74, 6) is 0.624. The molecule has 0 aromatic rings. The average molecular weight is 256 g/mol. The number of nitrogens with one attached hydrogen (secondary N) is 2. The Morgan fingerprint density at radius 3 is 2.78 bits per heavy atom. The van der Waals surface area contributed by atoms with Crippen molar-refractivity contribution in [1.82, 2.24) is 10.6 Å². The first-order chi connectivity index (χ1) is 8.59. The summed E-state index contributed by atoms with van der Waals surface area (Å²) in [5.41, 5.74) is 0. The molecule has 0 aromatic carbocycles. The van der Waals surface area contributed by atoms with Crippen LogP contribution in [0.4, 0.5) is 0 Å². The minimum absolute atomic E-state index is 0.00598. The summed E-state index contributed by atoms with van der Waals surface area (Å²) in [6.45, 7) is 8.59. The Kier molecular flexibility index (Phi) is 7.28. The molecule has 4 heteroatoms. The number of hydrogen-bond acceptors (Lipinski definition) is 3. The molecule has 1 aliphatic heterocycles. The van der Waals surface area contributed by atoms with Crippen molar-refractivity contribution in [2.45, 2.75) is 58.6 Å². The second kappa shape index (κ2) is 8.48. The molecule has 0 aliphatic carbocycles. The number of piperidine rings is 1. The van der Waals surface area contributed by atoms with Crippen LogP contribution >= 0.6 is 0 Å². The smallest absolute Gasteiger partial charge is 0.248 e. The quantitative estimate of drug-likeness (QED) is 0.729. The third-order valence-electron chi connectivity index (χ3n) is 3.35. The lowest BCUT2D eigenvalue weighted by atomic mass is 10.1. The van der Waals surface area contributed by atoms with Gasteiger partial charge in [-0.25, -0.2) is 0 Å². The highest BCUT2D eigenvalue weighted by molar-refractivity contribution is 5.80. The first kappa shape index (κ1) is 15.4. The van der Waals surface area contributed by atoms with Gasteiger partial charge in [0.1, 0.15) is 6.10 Å². The Labute approximate surface area is 111 Å². The van der Waals surface area contributed by atoms with Crippen molar-refractivity contribution in [2.75, 3.05) is 19.7 Å². The molecule has 0 radical (unpaired) electrons. The van der Waals surface area contributed by atoms with E-state index in [-0.39, 0.29) is 12.0 Å². The lowest BCUT2D eigenvalue weighted by Gasteiger charge is -2.24. The van der Waals surface area contributed by atoms with Gasteiger partial charge in [-0.15, -0.1) is 0 Å². The molecule has 1 rings (SSSR count). The van der Waals surface area contributed by atoms with E-state index < -0.39 is 0 Å². The molecule has 18 heavy (non-hydrogen) atoms. The Bertz CT molecular complexity index is 238. The fourth-order valence-electron chi connectivity index (χ4n) is 2.03. The molecule has 1 aliphatic rings. The molecule has 1 amide bonds. The SMILES string of the molecule is CC(C)CCNC(=O)C(C)OCC1CCCCN1. The maximum atomic E-state index is 11.7. The van der Waals surface area contributed by atoms with Gasteiger partial charge in [0.05, 0.1) is 6.61 Å². The van der Waals surface area contributed by atoms with E-state index in [0.717, 1.165) is 25.9 Å². The first-order valence-electron chi connectivity index (χ1n) is 7.22. The summed E-state index contributed by atoms with van der Waals surface area (Å²) in [6, 6.07) is 0.421. The topological polar surface area (TPSA) is 50.4 Å². The minimum Gasteiger partial charge on any atom is -0.367 e. The van der Waals surface area contributed by atoms with Gasteiger partial charge in [-0.1, -0.05) is 20.3 Å². The second-order valence-corrected chi connectivity index (χ2v) is 5.60. The van der Waals surface area contributed by atoms with E-state index in [1.54, 1.807) is 0 Å². The van der Waals surface area contributed by atoms with E-state index in [1.165, 1.54) is 12.8 Å². The van der Waals surface area contributed by atoms with Crippen LogP contribution in [0.5, 0.6) is 0 Å². The van der Waals surface area contributed by atoms with E-state index in [1.807, 2.05) is 6.92 Å². The zero-order chi connectivity index (χ0) is 13.4. The highest BCUT2D eigenvalue weighted by atomic mass is 16.5. The van der Waals surface area contributed by atoms with Gasteiger partial charge < -0.3 is 15.4 Å². The van der Waals surface area contributed by atoms with Gasteiger partial charge in [0.2, 0.25) is 5.91 Å². The molecule has 1 saturated heterocycles. The predicted molar refractivity (Wildman–Crippen MR) is 73.5 cm³/mol. The van der Waals surface area contributed by atoms with Crippen molar-refractivity contribution in [3.63, 3.8) is 0 Å². The molecule has 0 bridgehead atoms. The average Bonchev–Trinajstić information content (AvgIpc) is 2.36. The van der Waals surface area contributed by atoms with Crippen LogP contribution in [0.1, 0.15) is 46.5 Å². The Morgan fingerprint density at radius 1 is 1.39 bits per heavy atom. The number of carbonyl (C=O) groups is 1. The lowest BCUT2D eigenvalue weighted by molar-refractivity contribution is -0.132. The van der Waals surface area contributed by atoms with Crippen molar-refractivity contribution < 1.29 is 9.53 Å². The Balaban J connectivity index is 2.10. The maximum Gasteiger partial charge on any atom is 0.248 e. The van der Waals surface area contributed by atoms with E-state index in [0.29, 0.717) is 18.6 Å². The van der Waals surface area contributed by atoms with Crippen LogP contribution in [-0.4, -0.2) is 37.7 Å². The van der Waals surface area contributed by atoms with Crippen LogP contribution in [0.2, 0.25) is 0 Å². The largest absolute Gasteiger partial charge is 0.367 e. The Hall–Kier alpha value is -0.610. The first-order valence-corrected chi connectivity index (χ1v) is 7.22. The standard InChI is InChI=1S/C14H28N2O2/c1-11(2)7-9-16-14(17)12(3)18-10-13-6-4-5-8-15-13/h11-13,15H,4-10H2,1-3H3,(H,16,17). The third-order valence-corrected chi connectivity index (χ3v) is 3.35. The van der Waals surface area contributed by atoms with Gasteiger partial charge in [0.25, 0.3) is 0 Å². The molecule has 0 aromatic heterocycles. The van der Waals surface area contributed by atoms with Crippen LogP contribution in [0, 0.1) is 5.92 Å². The van der Waals surface area contributed by atoms with E-state index >= 15 is 0 Å². The van der Waals surface area contributed by atoms with E-state index in [2.05, 4.69) is 24.5 Å². The third kappa shape index (κ3) is 6.36.